The van der Waals surface area contributed by atoms with Crippen molar-refractivity contribution in [3.63, 3.8) is 0 Å². The van der Waals surface area contributed by atoms with Crippen LogP contribution < -0.4 is 21.3 Å². The third-order valence-corrected chi connectivity index (χ3v) is 16.0. The van der Waals surface area contributed by atoms with E-state index in [4.69, 9.17) is 0 Å². The highest BCUT2D eigenvalue weighted by molar-refractivity contribution is 5.49. The summed E-state index contributed by atoms with van der Waals surface area (Å²) in [5.41, 5.74) is 12.9. The van der Waals surface area contributed by atoms with Crippen LogP contribution in [0, 0.1) is 23.7 Å². The van der Waals surface area contributed by atoms with Gasteiger partial charge in [0.2, 0.25) is 0 Å². The molecule has 0 saturated heterocycles. The predicted molar refractivity (Wildman–Crippen MR) is 336 cm³/mol. The van der Waals surface area contributed by atoms with E-state index < -0.39 is 0 Å². The molecule has 8 bridgehead atoms. The van der Waals surface area contributed by atoms with Gasteiger partial charge in [-0.05, 0) is 122 Å². The number of fused-ring (bicyclic) bond motifs is 8. The molecule has 8 N–H and O–H groups in total. The van der Waals surface area contributed by atoms with Gasteiger partial charge in [0.05, 0.1) is 0 Å². The van der Waals surface area contributed by atoms with Crippen LogP contribution in [0.4, 0.5) is 0 Å². The van der Waals surface area contributed by atoms with Crippen molar-refractivity contribution in [1.29, 1.82) is 0 Å². The van der Waals surface area contributed by atoms with Crippen molar-refractivity contribution in [2.45, 2.75) is 185 Å². The molecule has 2 aliphatic heterocycles. The van der Waals surface area contributed by atoms with Gasteiger partial charge in [-0.15, -0.1) is 0 Å². The summed E-state index contributed by atoms with van der Waals surface area (Å²) in [5, 5.41) is 59.3. The van der Waals surface area contributed by atoms with E-state index in [0.29, 0.717) is 99.0 Å². The first-order valence-electron chi connectivity index (χ1n) is 30.1. The van der Waals surface area contributed by atoms with Gasteiger partial charge in [0.1, 0.15) is 23.0 Å². The molecule has 4 aromatic rings. The topological polar surface area (TPSA) is 142 Å². The minimum absolute atomic E-state index is 0.00239. The summed E-state index contributed by atoms with van der Waals surface area (Å²) < 4.78 is 0. The first-order chi connectivity index (χ1) is 37.1. The SMILES string of the molecule is CC1CN(C)Cc2cc(C(C)(C)C)cc(c2O)CN(C)CC(C)CN(C)Cc2cc(C(C)(C)C)cc(c2O)CN(C)C1.CC1CNCc2cc(C(C)(C)C)cc(c2O)CNCC(C)CNCc2cc(C(C)(C)C)cc(c2O)CNC1. The van der Waals surface area contributed by atoms with Crippen molar-refractivity contribution in [1.82, 2.24) is 40.9 Å². The first kappa shape index (κ1) is 66.6. The minimum Gasteiger partial charge on any atom is -0.507 e. The number of hydrogen-bond donors (Lipinski definition) is 8. The molecule has 0 aliphatic carbocycles. The Labute approximate surface area is 486 Å². The Hall–Kier alpha value is -4.24. The van der Waals surface area contributed by atoms with E-state index in [1.54, 1.807) is 0 Å². The van der Waals surface area contributed by atoms with Gasteiger partial charge in [-0.1, -0.05) is 159 Å². The van der Waals surface area contributed by atoms with E-state index in [1.807, 2.05) is 0 Å². The molecule has 6 rings (SSSR count). The highest BCUT2D eigenvalue weighted by Gasteiger charge is 2.26. The van der Waals surface area contributed by atoms with Crippen molar-refractivity contribution < 1.29 is 20.4 Å². The van der Waals surface area contributed by atoms with Gasteiger partial charge in [0, 0.05) is 123 Å². The summed E-state index contributed by atoms with van der Waals surface area (Å²) in [6.45, 7) is 48.2. The molecule has 80 heavy (non-hydrogen) atoms. The van der Waals surface area contributed by atoms with Crippen molar-refractivity contribution in [2.24, 2.45) is 23.7 Å². The van der Waals surface area contributed by atoms with Crippen LogP contribution in [0.15, 0.2) is 48.5 Å². The lowest BCUT2D eigenvalue weighted by Crippen LogP contribution is -2.33. The lowest BCUT2D eigenvalue weighted by atomic mass is 9.84. The summed E-state index contributed by atoms with van der Waals surface area (Å²) in [5.74, 6) is 3.30. The number of phenolic OH excluding ortho intramolecular Hbond substituents is 4. The second-order valence-electron chi connectivity index (χ2n) is 29.3. The van der Waals surface area contributed by atoms with Crippen LogP contribution in [0.3, 0.4) is 0 Å². The third-order valence-electron chi connectivity index (χ3n) is 16.0. The second-order valence-corrected chi connectivity index (χ2v) is 29.3. The Morgan fingerprint density at radius 1 is 0.312 bits per heavy atom. The normalized spacial score (nSPS) is 21.8. The van der Waals surface area contributed by atoms with E-state index in [2.05, 4.69) is 228 Å². The quantitative estimate of drug-likeness (QED) is 0.0850. The molecular weight excluding hydrogens is 993 g/mol. The number of phenols is 4. The zero-order chi connectivity index (χ0) is 59.7. The number of benzene rings is 4. The summed E-state index contributed by atoms with van der Waals surface area (Å²) in [6, 6.07) is 17.4. The van der Waals surface area contributed by atoms with E-state index in [0.717, 1.165) is 96.9 Å². The van der Waals surface area contributed by atoms with Crippen molar-refractivity contribution in [3.8, 4) is 23.0 Å². The Bertz CT molecular complexity index is 2310. The van der Waals surface area contributed by atoms with E-state index in [9.17, 15) is 20.4 Å². The second kappa shape index (κ2) is 28.4. The van der Waals surface area contributed by atoms with Crippen LogP contribution in [-0.2, 0) is 74.0 Å². The Balaban J connectivity index is 0.000000295. The highest BCUT2D eigenvalue weighted by Crippen LogP contribution is 2.37. The smallest absolute Gasteiger partial charge is 0.124 e. The molecule has 0 fully saturated rings. The lowest BCUT2D eigenvalue weighted by Gasteiger charge is -2.30. The molecular formula is C68H112N8O4. The maximum atomic E-state index is 11.4. The van der Waals surface area contributed by atoms with Crippen molar-refractivity contribution >= 4 is 0 Å². The molecule has 0 saturated carbocycles. The predicted octanol–water partition coefficient (Wildman–Crippen LogP) is 11.4. The van der Waals surface area contributed by atoms with E-state index in [-0.39, 0.29) is 21.7 Å². The molecule has 0 atom stereocenters. The van der Waals surface area contributed by atoms with Gasteiger partial charge < -0.3 is 61.3 Å². The molecule has 0 aromatic heterocycles. The van der Waals surface area contributed by atoms with Crippen molar-refractivity contribution in [2.75, 3.05) is 80.5 Å². The van der Waals surface area contributed by atoms with Gasteiger partial charge >= 0.3 is 0 Å². The largest absolute Gasteiger partial charge is 0.507 e. The first-order valence-corrected chi connectivity index (χ1v) is 30.1. The number of aromatic hydroxyl groups is 4. The number of rotatable bonds is 0. The van der Waals surface area contributed by atoms with Crippen LogP contribution in [0.5, 0.6) is 23.0 Å². The fourth-order valence-electron chi connectivity index (χ4n) is 11.4. The maximum Gasteiger partial charge on any atom is 0.124 e. The molecule has 2 aliphatic rings. The summed E-state index contributed by atoms with van der Waals surface area (Å²) in [7, 11) is 8.61. The van der Waals surface area contributed by atoms with Crippen LogP contribution in [0.1, 0.15) is 178 Å². The molecule has 0 unspecified atom stereocenters. The highest BCUT2D eigenvalue weighted by atomic mass is 16.3. The maximum absolute atomic E-state index is 11.4. The minimum atomic E-state index is 0.00239. The Morgan fingerprint density at radius 3 is 0.675 bits per heavy atom. The molecule has 2 heterocycles. The number of nitrogens with zero attached hydrogens (tertiary/aromatic N) is 4. The van der Waals surface area contributed by atoms with Crippen molar-refractivity contribution in [3.05, 3.63) is 115 Å². The van der Waals surface area contributed by atoms with Crippen LogP contribution in [-0.4, -0.2) is 121 Å². The summed E-state index contributed by atoms with van der Waals surface area (Å²) in [4.78, 5) is 9.33. The van der Waals surface area contributed by atoms with E-state index >= 15 is 0 Å². The Morgan fingerprint density at radius 2 is 0.487 bits per heavy atom. The van der Waals surface area contributed by atoms with E-state index in [1.165, 1.54) is 22.3 Å². The molecule has 0 spiro atoms. The monoisotopic (exact) mass is 1100 g/mol. The fourth-order valence-corrected chi connectivity index (χ4v) is 11.4. The van der Waals surface area contributed by atoms with Gasteiger partial charge in [-0.2, -0.15) is 0 Å². The molecule has 12 nitrogen and oxygen atoms in total. The molecule has 0 amide bonds. The molecule has 448 valence electrons. The van der Waals surface area contributed by atoms with Crippen LogP contribution >= 0.6 is 0 Å². The number of hydrogen-bond acceptors (Lipinski definition) is 12. The number of nitrogens with one attached hydrogen (secondary N) is 4. The zero-order valence-corrected chi connectivity index (χ0v) is 53.8. The van der Waals surface area contributed by atoms with Crippen LogP contribution in [0.25, 0.3) is 0 Å². The van der Waals surface area contributed by atoms with Gasteiger partial charge in [-0.25, -0.2) is 0 Å². The molecule has 0 radical (unpaired) electrons. The van der Waals surface area contributed by atoms with Crippen LogP contribution in [0.2, 0.25) is 0 Å². The third kappa shape index (κ3) is 20.0. The lowest BCUT2D eigenvalue weighted by molar-refractivity contribution is 0.209. The zero-order valence-electron chi connectivity index (χ0n) is 53.8. The standard InChI is InChI=1S/C36H60N4O2.C32H52N4O2/c1-25-17-37(9)21-27-13-31(35(3,4)5)15-29(33(27)41)23-39(11)19-26(2)20-40(12)24-30-16-32(36(6,7)8)14-28(34(30)42)22-38(10)18-25;1-21-13-33-17-23-9-27(31(3,4)5)11-25(29(23)37)19-35-15-22(2)16-36-20-26-12-28(32(6,7)8)10-24(30(26)38)18-34-14-21/h13-16,25-26,41-42H,17-24H2,1-12H3;9-12,21-22,33-38H,13-20H2,1-8H3. The molecule has 12 heteroatoms. The van der Waals surface area contributed by atoms with Gasteiger partial charge in [0.25, 0.3) is 0 Å². The van der Waals surface area contributed by atoms with Gasteiger partial charge in [-0.3, -0.25) is 0 Å². The summed E-state index contributed by atoms with van der Waals surface area (Å²) >= 11 is 0. The summed E-state index contributed by atoms with van der Waals surface area (Å²) in [6.07, 6.45) is 0. The molecule has 4 aromatic carbocycles. The van der Waals surface area contributed by atoms with Gasteiger partial charge in [0.15, 0.2) is 0 Å². The average Bonchev–Trinajstić information content (AvgIpc) is 3.31. The average molecular weight is 1110 g/mol. The Kier molecular flexibility index (Phi) is 23.6. The fraction of sp³-hybridized carbons (Fsp3) is 0.647.